The number of hydrogen-bond donors (Lipinski definition) is 1. The van der Waals surface area contributed by atoms with Crippen LogP contribution in [-0.4, -0.2) is 41.4 Å². The number of hydrogen-bond acceptors (Lipinski definition) is 6. The zero-order valence-corrected chi connectivity index (χ0v) is 21.1. The van der Waals surface area contributed by atoms with Gasteiger partial charge < -0.3 is 19.5 Å². The second-order valence-electron chi connectivity index (χ2n) is 8.84. The number of ketones is 1. The predicted octanol–water partition coefficient (Wildman–Crippen LogP) is 5.19. The van der Waals surface area contributed by atoms with E-state index < -0.39 is 23.7 Å². The van der Waals surface area contributed by atoms with Crippen molar-refractivity contribution in [2.75, 3.05) is 13.7 Å². The van der Waals surface area contributed by atoms with Gasteiger partial charge in [-0.15, -0.1) is 0 Å². The molecule has 1 N–H and O–H groups in total. The lowest BCUT2D eigenvalue weighted by atomic mass is 9.92. The lowest BCUT2D eigenvalue weighted by Crippen LogP contribution is -2.29. The normalized spacial score (nSPS) is 16.6. The lowest BCUT2D eigenvalue weighted by Gasteiger charge is -2.26. The molecule has 1 aliphatic heterocycles. The summed E-state index contributed by atoms with van der Waals surface area (Å²) in [5.41, 5.74) is 3.20. The average Bonchev–Trinajstić information content (AvgIpc) is 3.16. The molecule has 1 aliphatic rings. The summed E-state index contributed by atoms with van der Waals surface area (Å²) < 4.78 is 10.4. The third-order valence-electron chi connectivity index (χ3n) is 6.35. The van der Waals surface area contributed by atoms with Crippen LogP contribution in [0.4, 0.5) is 0 Å². The molecule has 1 fully saturated rings. The minimum Gasteiger partial charge on any atom is -0.507 e. The van der Waals surface area contributed by atoms with Crippen LogP contribution in [0.15, 0.2) is 78.4 Å². The maximum absolute atomic E-state index is 13.3. The van der Waals surface area contributed by atoms with Crippen molar-refractivity contribution in [3.05, 3.63) is 106 Å². The van der Waals surface area contributed by atoms with Crippen LogP contribution in [0.1, 0.15) is 52.0 Å². The van der Waals surface area contributed by atoms with Crippen LogP contribution in [0.2, 0.25) is 0 Å². The van der Waals surface area contributed by atoms with Crippen molar-refractivity contribution in [3.8, 4) is 5.75 Å². The summed E-state index contributed by atoms with van der Waals surface area (Å²) in [7, 11) is 1.31. The Bertz CT molecular complexity index is 1340. The van der Waals surface area contributed by atoms with Crippen molar-refractivity contribution in [2.45, 2.75) is 32.9 Å². The summed E-state index contributed by atoms with van der Waals surface area (Å²) in [6.07, 6.45) is 0.868. The van der Waals surface area contributed by atoms with Gasteiger partial charge in [-0.25, -0.2) is 4.79 Å². The van der Waals surface area contributed by atoms with Crippen LogP contribution >= 0.6 is 0 Å². The van der Waals surface area contributed by atoms with Crippen molar-refractivity contribution in [3.63, 3.8) is 0 Å². The first-order valence-electron chi connectivity index (χ1n) is 12.1. The van der Waals surface area contributed by atoms with Crippen molar-refractivity contribution in [1.82, 2.24) is 4.90 Å². The molecule has 3 aromatic carbocycles. The molecule has 190 valence electrons. The molecule has 7 heteroatoms. The molecular weight excluding hydrogens is 470 g/mol. The fourth-order valence-electron chi connectivity index (χ4n) is 4.41. The van der Waals surface area contributed by atoms with Gasteiger partial charge in [0.05, 0.1) is 30.9 Å². The van der Waals surface area contributed by atoms with Gasteiger partial charge in [-0.2, -0.15) is 0 Å². The maximum atomic E-state index is 13.3. The van der Waals surface area contributed by atoms with Crippen molar-refractivity contribution >= 4 is 23.4 Å². The van der Waals surface area contributed by atoms with Crippen molar-refractivity contribution in [1.29, 1.82) is 0 Å². The number of Topliss-reactive ketones (excluding diaryl/α,β-unsaturated/α-hetero) is 1. The smallest absolute Gasteiger partial charge is 0.337 e. The Morgan fingerprint density at radius 2 is 1.59 bits per heavy atom. The SMILES string of the molecule is CCCOc1ccc(/C(O)=C2\C(=O)C(=O)N(Cc3ccc(C(=O)OC)cc3)C2c2ccccc2C)cc1. The Hall–Kier alpha value is -4.39. The Morgan fingerprint density at radius 3 is 2.22 bits per heavy atom. The molecule has 4 rings (SSSR count). The first-order chi connectivity index (χ1) is 17.8. The van der Waals surface area contributed by atoms with Crippen LogP contribution in [0.25, 0.3) is 5.76 Å². The lowest BCUT2D eigenvalue weighted by molar-refractivity contribution is -0.140. The molecule has 0 saturated carbocycles. The van der Waals surface area contributed by atoms with Gasteiger partial charge in [0, 0.05) is 12.1 Å². The molecule has 1 amide bonds. The van der Waals surface area contributed by atoms with E-state index in [1.807, 2.05) is 38.1 Å². The molecule has 1 unspecified atom stereocenters. The second-order valence-corrected chi connectivity index (χ2v) is 8.84. The first kappa shape index (κ1) is 25.7. The predicted molar refractivity (Wildman–Crippen MR) is 139 cm³/mol. The van der Waals surface area contributed by atoms with Gasteiger partial charge in [0.25, 0.3) is 11.7 Å². The van der Waals surface area contributed by atoms with Gasteiger partial charge in [-0.05, 0) is 66.4 Å². The minimum atomic E-state index is -0.780. The fourth-order valence-corrected chi connectivity index (χ4v) is 4.41. The molecule has 0 radical (unpaired) electrons. The second kappa shape index (κ2) is 11.1. The summed E-state index contributed by atoms with van der Waals surface area (Å²) in [4.78, 5) is 39.8. The van der Waals surface area contributed by atoms with Gasteiger partial charge in [0.15, 0.2) is 0 Å². The summed E-state index contributed by atoms with van der Waals surface area (Å²) in [6, 6.07) is 20.2. The number of carbonyl (C=O) groups is 3. The van der Waals surface area contributed by atoms with Crippen molar-refractivity contribution < 1.29 is 29.0 Å². The van der Waals surface area contributed by atoms with Crippen LogP contribution in [0.3, 0.4) is 0 Å². The Labute approximate surface area is 215 Å². The number of carbonyl (C=O) groups excluding carboxylic acids is 3. The number of benzene rings is 3. The molecule has 0 aliphatic carbocycles. The molecule has 1 heterocycles. The quantitative estimate of drug-likeness (QED) is 0.198. The highest BCUT2D eigenvalue weighted by atomic mass is 16.5. The largest absolute Gasteiger partial charge is 0.507 e. The third kappa shape index (κ3) is 5.26. The average molecular weight is 500 g/mol. The molecule has 37 heavy (non-hydrogen) atoms. The number of likely N-dealkylation sites (tertiary alicyclic amines) is 1. The zero-order valence-electron chi connectivity index (χ0n) is 21.1. The number of methoxy groups -OCH3 is 1. The molecular formula is C30H29NO6. The molecule has 1 atom stereocenters. The number of esters is 1. The van der Waals surface area contributed by atoms with Crippen LogP contribution in [-0.2, 0) is 20.9 Å². The number of nitrogens with zero attached hydrogens (tertiary/aromatic N) is 1. The van der Waals surface area contributed by atoms with E-state index >= 15 is 0 Å². The Morgan fingerprint density at radius 1 is 0.946 bits per heavy atom. The van der Waals surface area contributed by atoms with E-state index in [4.69, 9.17) is 9.47 Å². The number of aryl methyl sites for hydroxylation is 1. The van der Waals surface area contributed by atoms with Gasteiger partial charge in [0.1, 0.15) is 11.5 Å². The highest BCUT2D eigenvalue weighted by molar-refractivity contribution is 6.46. The van der Waals surface area contributed by atoms with E-state index in [1.54, 1.807) is 48.5 Å². The first-order valence-corrected chi connectivity index (χ1v) is 12.1. The van der Waals surface area contributed by atoms with E-state index in [0.717, 1.165) is 23.1 Å². The molecule has 3 aromatic rings. The van der Waals surface area contributed by atoms with Gasteiger partial charge in [-0.1, -0.05) is 43.3 Å². The third-order valence-corrected chi connectivity index (χ3v) is 6.35. The maximum Gasteiger partial charge on any atom is 0.337 e. The monoisotopic (exact) mass is 499 g/mol. The highest BCUT2D eigenvalue weighted by Gasteiger charge is 2.46. The number of amides is 1. The van der Waals surface area contributed by atoms with Crippen molar-refractivity contribution in [2.24, 2.45) is 0 Å². The summed E-state index contributed by atoms with van der Waals surface area (Å²) in [5, 5.41) is 11.3. The molecule has 7 nitrogen and oxygen atoms in total. The van der Waals surface area contributed by atoms with E-state index in [9.17, 15) is 19.5 Å². The summed E-state index contributed by atoms with van der Waals surface area (Å²) in [5.74, 6) is -1.49. The number of aliphatic hydroxyl groups excluding tert-OH is 1. The van der Waals surface area contributed by atoms with Crippen LogP contribution < -0.4 is 4.74 Å². The highest BCUT2D eigenvalue weighted by Crippen LogP contribution is 2.41. The van der Waals surface area contributed by atoms with E-state index in [1.165, 1.54) is 12.0 Å². The summed E-state index contributed by atoms with van der Waals surface area (Å²) >= 11 is 0. The number of rotatable bonds is 8. The molecule has 0 bridgehead atoms. The molecule has 0 spiro atoms. The van der Waals surface area contributed by atoms with Gasteiger partial charge >= 0.3 is 5.97 Å². The fraction of sp³-hybridized carbons (Fsp3) is 0.233. The number of aliphatic hydroxyl groups is 1. The minimum absolute atomic E-state index is 0.0349. The zero-order chi connectivity index (χ0) is 26.5. The molecule has 0 aromatic heterocycles. The summed E-state index contributed by atoms with van der Waals surface area (Å²) in [6.45, 7) is 4.61. The van der Waals surface area contributed by atoms with Gasteiger partial charge in [0.2, 0.25) is 0 Å². The molecule has 1 saturated heterocycles. The van der Waals surface area contributed by atoms with E-state index in [-0.39, 0.29) is 17.9 Å². The topological polar surface area (TPSA) is 93.1 Å². The van der Waals surface area contributed by atoms with E-state index in [0.29, 0.717) is 23.5 Å². The number of ether oxygens (including phenoxy) is 2. The Kier molecular flexibility index (Phi) is 7.72. The van der Waals surface area contributed by atoms with Gasteiger partial charge in [-0.3, -0.25) is 9.59 Å². The van der Waals surface area contributed by atoms with E-state index in [2.05, 4.69) is 0 Å². The standard InChI is InChI=1S/C30H29NO6/c1-4-17-37-23-15-13-21(14-16-23)27(32)25-26(24-8-6-5-7-19(24)2)31(29(34)28(25)33)18-20-9-11-22(12-10-20)30(35)36-3/h5-16,26,32H,4,17-18H2,1-3H3/b27-25+. The van der Waals surface area contributed by atoms with Crippen LogP contribution in [0, 0.1) is 6.92 Å². The Balaban J connectivity index is 1.76. The van der Waals surface area contributed by atoms with Crippen LogP contribution in [0.5, 0.6) is 5.75 Å².